The lowest BCUT2D eigenvalue weighted by Crippen LogP contribution is -2.55. The minimum Gasteiger partial charge on any atom is -0.357 e. The van der Waals surface area contributed by atoms with Crippen molar-refractivity contribution in [2.45, 2.75) is 65.8 Å². The van der Waals surface area contributed by atoms with Gasteiger partial charge in [-0.25, -0.2) is 0 Å². The van der Waals surface area contributed by atoms with Crippen LogP contribution in [0.3, 0.4) is 0 Å². The van der Waals surface area contributed by atoms with Crippen molar-refractivity contribution in [3.05, 3.63) is 11.7 Å². The summed E-state index contributed by atoms with van der Waals surface area (Å²) in [7, 11) is 0. The van der Waals surface area contributed by atoms with E-state index in [-0.39, 0.29) is 0 Å². The van der Waals surface area contributed by atoms with Gasteiger partial charge in [0.25, 0.3) is 0 Å². The van der Waals surface area contributed by atoms with Crippen LogP contribution in [0.5, 0.6) is 0 Å². The molecule has 1 saturated heterocycles. The molecule has 1 aromatic heterocycles. The number of rotatable bonds is 6. The first-order valence-electron chi connectivity index (χ1n) is 11.1. The van der Waals surface area contributed by atoms with Crippen molar-refractivity contribution < 1.29 is 4.52 Å². The Morgan fingerprint density at radius 2 is 1.89 bits per heavy atom. The van der Waals surface area contributed by atoms with E-state index in [9.17, 15) is 0 Å². The van der Waals surface area contributed by atoms with Gasteiger partial charge in [0.05, 0.1) is 6.54 Å². The van der Waals surface area contributed by atoms with Crippen molar-refractivity contribution in [1.29, 1.82) is 0 Å². The van der Waals surface area contributed by atoms with E-state index in [1.807, 2.05) is 6.92 Å². The Morgan fingerprint density at radius 3 is 2.46 bits per heavy atom. The number of hydrogen-bond donors (Lipinski definition) is 1. The van der Waals surface area contributed by atoms with Gasteiger partial charge in [-0.1, -0.05) is 19.0 Å². The zero-order valence-electron chi connectivity index (χ0n) is 18.2. The summed E-state index contributed by atoms with van der Waals surface area (Å²) in [5.74, 6) is 4.14. The Kier molecular flexibility index (Phi) is 7.71. The predicted molar refractivity (Wildman–Crippen MR) is 112 cm³/mol. The van der Waals surface area contributed by atoms with E-state index in [0.29, 0.717) is 24.7 Å². The highest BCUT2D eigenvalue weighted by atomic mass is 16.5. The Bertz CT molecular complexity index is 612. The Labute approximate surface area is 170 Å². The summed E-state index contributed by atoms with van der Waals surface area (Å²) in [6.07, 6.45) is 6.25. The lowest BCUT2D eigenvalue weighted by atomic mass is 9.79. The topological polar surface area (TPSA) is 69.8 Å². The van der Waals surface area contributed by atoms with Crippen molar-refractivity contribution in [2.75, 3.05) is 39.3 Å². The average Bonchev–Trinajstić information content (AvgIpc) is 3.12. The monoisotopic (exact) mass is 390 g/mol. The molecule has 2 heterocycles. The van der Waals surface area contributed by atoms with Crippen LogP contribution >= 0.6 is 0 Å². The maximum atomic E-state index is 5.18. The molecule has 28 heavy (non-hydrogen) atoms. The normalized spacial score (nSPS) is 24.8. The van der Waals surface area contributed by atoms with Crippen LogP contribution in [0.4, 0.5) is 0 Å². The Hall–Kier alpha value is -1.63. The molecule has 158 valence electrons. The average molecular weight is 391 g/mol. The first-order valence-corrected chi connectivity index (χ1v) is 11.1. The van der Waals surface area contributed by atoms with Gasteiger partial charge >= 0.3 is 0 Å². The van der Waals surface area contributed by atoms with E-state index in [4.69, 9.17) is 9.52 Å². The number of guanidine groups is 1. The van der Waals surface area contributed by atoms with Gasteiger partial charge in [-0.3, -0.25) is 9.89 Å². The second-order valence-electron chi connectivity index (χ2n) is 8.56. The molecule has 0 radical (unpaired) electrons. The molecule has 0 unspecified atom stereocenters. The third kappa shape index (κ3) is 5.69. The third-order valence-electron chi connectivity index (χ3n) is 6.31. The number of nitrogens with one attached hydrogen (secondary N) is 1. The fraction of sp³-hybridized carbons (Fsp3) is 0.857. The van der Waals surface area contributed by atoms with Crippen molar-refractivity contribution in [1.82, 2.24) is 25.3 Å². The molecule has 0 amide bonds. The lowest BCUT2D eigenvalue weighted by molar-refractivity contribution is 0.0864. The van der Waals surface area contributed by atoms with Gasteiger partial charge in [-0.2, -0.15) is 4.98 Å². The van der Waals surface area contributed by atoms with E-state index in [1.165, 1.54) is 25.7 Å². The van der Waals surface area contributed by atoms with Gasteiger partial charge in [-0.05, 0) is 51.4 Å². The van der Waals surface area contributed by atoms with Crippen LogP contribution in [0.1, 0.15) is 58.2 Å². The quantitative estimate of drug-likeness (QED) is 0.595. The third-order valence-corrected chi connectivity index (χ3v) is 6.31. The van der Waals surface area contributed by atoms with E-state index in [1.54, 1.807) is 0 Å². The standard InChI is InChI=1S/C21H38N6O/c1-5-22-21(23-11-10-20-24-17(4)25-28-20)27-14-12-26(13-15-27)19-8-6-18(7-9-19)16(2)3/h16,18-19H,5-15H2,1-4H3,(H,22,23). The number of aliphatic imine (C=N–C) groups is 1. The van der Waals surface area contributed by atoms with Crippen molar-refractivity contribution in [3.8, 4) is 0 Å². The maximum absolute atomic E-state index is 5.18. The molecular formula is C21H38N6O. The fourth-order valence-corrected chi connectivity index (χ4v) is 4.56. The van der Waals surface area contributed by atoms with Crippen LogP contribution in [0.25, 0.3) is 0 Å². The van der Waals surface area contributed by atoms with Gasteiger partial charge in [-0.15, -0.1) is 0 Å². The van der Waals surface area contributed by atoms with Crippen LogP contribution in [0, 0.1) is 18.8 Å². The number of hydrogen-bond acceptors (Lipinski definition) is 5. The molecule has 2 aliphatic rings. The SMILES string of the molecule is CCNC(=NCCc1nc(C)no1)N1CCN(C2CCC(C(C)C)CC2)CC1. The van der Waals surface area contributed by atoms with Crippen LogP contribution in [-0.4, -0.2) is 71.2 Å². The molecule has 0 spiro atoms. The molecular weight excluding hydrogens is 352 g/mol. The first-order chi connectivity index (χ1) is 13.6. The second kappa shape index (κ2) is 10.2. The molecule has 0 aromatic carbocycles. The summed E-state index contributed by atoms with van der Waals surface area (Å²) in [6.45, 7) is 14.7. The van der Waals surface area contributed by atoms with Crippen LogP contribution in [0.2, 0.25) is 0 Å². The molecule has 0 bridgehead atoms. The van der Waals surface area contributed by atoms with Crippen molar-refractivity contribution in [2.24, 2.45) is 16.8 Å². The summed E-state index contributed by atoms with van der Waals surface area (Å²) >= 11 is 0. The van der Waals surface area contributed by atoms with Crippen LogP contribution in [-0.2, 0) is 6.42 Å². The van der Waals surface area contributed by atoms with Crippen molar-refractivity contribution in [3.63, 3.8) is 0 Å². The highest BCUT2D eigenvalue weighted by Crippen LogP contribution is 2.32. The number of nitrogens with zero attached hydrogens (tertiary/aromatic N) is 5. The van der Waals surface area contributed by atoms with E-state index < -0.39 is 0 Å². The Morgan fingerprint density at radius 1 is 1.18 bits per heavy atom. The summed E-state index contributed by atoms with van der Waals surface area (Å²) in [5.41, 5.74) is 0. The van der Waals surface area contributed by atoms with Gasteiger partial charge < -0.3 is 14.7 Å². The van der Waals surface area contributed by atoms with Crippen LogP contribution in [0.15, 0.2) is 9.52 Å². The predicted octanol–water partition coefficient (Wildman–Crippen LogP) is 2.72. The molecule has 1 aliphatic heterocycles. The second-order valence-corrected chi connectivity index (χ2v) is 8.56. The number of aromatic nitrogens is 2. The van der Waals surface area contributed by atoms with E-state index in [0.717, 1.165) is 56.6 Å². The molecule has 0 atom stereocenters. The summed E-state index contributed by atoms with van der Waals surface area (Å²) in [6, 6.07) is 0.789. The van der Waals surface area contributed by atoms with Crippen molar-refractivity contribution >= 4 is 5.96 Å². The molecule has 3 rings (SSSR count). The fourth-order valence-electron chi connectivity index (χ4n) is 4.56. The number of aryl methyl sites for hydroxylation is 1. The molecule has 7 nitrogen and oxygen atoms in total. The smallest absolute Gasteiger partial charge is 0.228 e. The molecule has 1 aliphatic carbocycles. The van der Waals surface area contributed by atoms with Gasteiger partial charge in [0.2, 0.25) is 5.89 Å². The first kappa shape index (κ1) is 21.1. The number of piperazine rings is 1. The van der Waals surface area contributed by atoms with Crippen LogP contribution < -0.4 is 5.32 Å². The van der Waals surface area contributed by atoms with E-state index >= 15 is 0 Å². The van der Waals surface area contributed by atoms with Gasteiger partial charge in [0.15, 0.2) is 11.8 Å². The van der Waals surface area contributed by atoms with Gasteiger partial charge in [0, 0.05) is 45.2 Å². The highest BCUT2D eigenvalue weighted by molar-refractivity contribution is 5.80. The molecule has 1 saturated carbocycles. The zero-order valence-corrected chi connectivity index (χ0v) is 18.2. The molecule has 7 heteroatoms. The molecule has 1 N–H and O–H groups in total. The highest BCUT2D eigenvalue weighted by Gasteiger charge is 2.29. The lowest BCUT2D eigenvalue weighted by Gasteiger charge is -2.43. The summed E-state index contributed by atoms with van der Waals surface area (Å²) in [5, 5.41) is 7.29. The Balaban J connectivity index is 1.46. The minimum atomic E-state index is 0.666. The largest absolute Gasteiger partial charge is 0.357 e. The van der Waals surface area contributed by atoms with E-state index in [2.05, 4.69) is 46.0 Å². The zero-order chi connectivity index (χ0) is 19.9. The summed E-state index contributed by atoms with van der Waals surface area (Å²) in [4.78, 5) is 14.2. The minimum absolute atomic E-state index is 0.666. The molecule has 2 fully saturated rings. The maximum Gasteiger partial charge on any atom is 0.228 e. The summed E-state index contributed by atoms with van der Waals surface area (Å²) < 4.78 is 5.18. The van der Waals surface area contributed by atoms with Gasteiger partial charge in [0.1, 0.15) is 0 Å². The molecule has 1 aromatic rings.